The molecular formula is C15H19NO3. The Hall–Kier alpha value is -1.68. The summed E-state index contributed by atoms with van der Waals surface area (Å²) < 4.78 is 0. The maximum atomic E-state index is 12.5. The first kappa shape index (κ1) is 13.7. The molecule has 4 nitrogen and oxygen atoms in total. The van der Waals surface area contributed by atoms with Crippen LogP contribution in [0.3, 0.4) is 0 Å². The third-order valence-electron chi connectivity index (χ3n) is 4.05. The minimum Gasteiger partial charge on any atom is -0.391 e. The molecule has 1 atom stereocenters. The summed E-state index contributed by atoms with van der Waals surface area (Å²) in [6.07, 6.45) is -0.796. The van der Waals surface area contributed by atoms with E-state index >= 15 is 0 Å². The Bertz CT molecular complexity index is 532. The Balaban J connectivity index is 2.64. The molecule has 1 aliphatic rings. The smallest absolute Gasteiger partial charge is 0.262 e. The van der Waals surface area contributed by atoms with Crippen LogP contribution in [-0.4, -0.2) is 33.5 Å². The van der Waals surface area contributed by atoms with Gasteiger partial charge in [-0.3, -0.25) is 14.5 Å². The van der Waals surface area contributed by atoms with Crippen LogP contribution in [0.4, 0.5) is 0 Å². The largest absolute Gasteiger partial charge is 0.391 e. The van der Waals surface area contributed by atoms with Gasteiger partial charge in [0.25, 0.3) is 11.8 Å². The molecule has 1 aliphatic heterocycles. The molecule has 1 aromatic carbocycles. The van der Waals surface area contributed by atoms with Gasteiger partial charge in [0, 0.05) is 0 Å². The summed E-state index contributed by atoms with van der Waals surface area (Å²) in [5, 5.41) is 9.85. The molecule has 1 heterocycles. The summed E-state index contributed by atoms with van der Waals surface area (Å²) in [7, 11) is 0. The highest BCUT2D eigenvalue weighted by molar-refractivity contribution is 6.23. The fourth-order valence-corrected chi connectivity index (χ4v) is 2.39. The lowest BCUT2D eigenvalue weighted by molar-refractivity contribution is 0.0103. The number of rotatable bonds is 2. The summed E-state index contributed by atoms with van der Waals surface area (Å²) in [5.74, 6) is -0.626. The molecule has 0 aliphatic carbocycles. The van der Waals surface area contributed by atoms with E-state index in [4.69, 9.17) is 0 Å². The minimum atomic E-state index is -0.925. The third kappa shape index (κ3) is 1.78. The number of aryl methyl sites for hydroxylation is 2. The second-order valence-corrected chi connectivity index (χ2v) is 5.72. The van der Waals surface area contributed by atoms with Crippen LogP contribution in [0, 0.1) is 13.8 Å². The molecule has 0 bridgehead atoms. The number of nitrogens with zero attached hydrogens (tertiary/aromatic N) is 1. The first-order valence-electron chi connectivity index (χ1n) is 6.36. The van der Waals surface area contributed by atoms with E-state index in [2.05, 4.69) is 0 Å². The zero-order valence-corrected chi connectivity index (χ0v) is 11.9. The van der Waals surface area contributed by atoms with Gasteiger partial charge in [-0.25, -0.2) is 0 Å². The quantitative estimate of drug-likeness (QED) is 0.829. The van der Waals surface area contributed by atoms with Crippen LogP contribution in [0.5, 0.6) is 0 Å². The zero-order valence-electron chi connectivity index (χ0n) is 11.9. The highest BCUT2D eigenvalue weighted by Crippen LogP contribution is 2.34. The number of amides is 2. The highest BCUT2D eigenvalue weighted by Gasteiger charge is 2.47. The van der Waals surface area contributed by atoms with Crippen molar-refractivity contribution >= 4 is 11.8 Å². The second-order valence-electron chi connectivity index (χ2n) is 5.72. The molecule has 0 aromatic heterocycles. The summed E-state index contributed by atoms with van der Waals surface area (Å²) >= 11 is 0. The Morgan fingerprint density at radius 1 is 1.05 bits per heavy atom. The second kappa shape index (κ2) is 4.17. The lowest BCUT2D eigenvalue weighted by atomic mass is 9.96. The maximum absolute atomic E-state index is 12.5. The molecule has 1 aromatic rings. The van der Waals surface area contributed by atoms with Gasteiger partial charge < -0.3 is 5.11 Å². The van der Waals surface area contributed by atoms with Crippen LogP contribution in [0.15, 0.2) is 12.1 Å². The van der Waals surface area contributed by atoms with E-state index in [0.29, 0.717) is 11.1 Å². The first-order chi connectivity index (χ1) is 8.69. The molecule has 19 heavy (non-hydrogen) atoms. The number of aliphatic hydroxyl groups excluding tert-OH is 1. The van der Waals surface area contributed by atoms with Crippen molar-refractivity contribution in [2.45, 2.75) is 46.3 Å². The summed E-state index contributed by atoms with van der Waals surface area (Å²) in [6.45, 7) is 8.63. The Morgan fingerprint density at radius 2 is 1.42 bits per heavy atom. The van der Waals surface area contributed by atoms with Gasteiger partial charge in [-0.2, -0.15) is 0 Å². The number of aliphatic hydroxyl groups is 1. The SMILES string of the molecule is Cc1ccc(C)c2c1C(=O)N(C(C)(C)C(C)O)C2=O. The van der Waals surface area contributed by atoms with Crippen molar-refractivity contribution in [1.29, 1.82) is 0 Å². The number of carbonyl (C=O) groups excluding carboxylic acids is 2. The number of benzene rings is 1. The van der Waals surface area contributed by atoms with Gasteiger partial charge in [-0.1, -0.05) is 12.1 Å². The molecule has 2 amide bonds. The Morgan fingerprint density at radius 3 is 1.74 bits per heavy atom. The van der Waals surface area contributed by atoms with Crippen LogP contribution in [0.1, 0.15) is 52.6 Å². The van der Waals surface area contributed by atoms with Crippen molar-refractivity contribution < 1.29 is 14.7 Å². The summed E-state index contributed by atoms with van der Waals surface area (Å²) in [5.41, 5.74) is 1.61. The van der Waals surface area contributed by atoms with Crippen molar-refractivity contribution in [2.24, 2.45) is 0 Å². The molecule has 0 spiro atoms. The Labute approximate surface area is 113 Å². The number of hydrogen-bond acceptors (Lipinski definition) is 3. The van der Waals surface area contributed by atoms with Gasteiger partial charge in [-0.05, 0) is 45.7 Å². The van der Waals surface area contributed by atoms with Gasteiger partial charge >= 0.3 is 0 Å². The van der Waals surface area contributed by atoms with Crippen molar-refractivity contribution in [3.8, 4) is 0 Å². The first-order valence-corrected chi connectivity index (χ1v) is 6.36. The van der Waals surface area contributed by atoms with Gasteiger partial charge in [0.2, 0.25) is 0 Å². The maximum Gasteiger partial charge on any atom is 0.262 e. The standard InChI is InChI=1S/C15H19NO3/c1-8-6-7-9(2)12-11(8)13(18)16(14(12)19)15(4,5)10(3)17/h6-7,10,17H,1-5H3. The monoisotopic (exact) mass is 261 g/mol. The number of imide groups is 1. The van der Waals surface area contributed by atoms with Crippen molar-refractivity contribution in [3.63, 3.8) is 0 Å². The number of hydrogen-bond donors (Lipinski definition) is 1. The molecule has 0 fully saturated rings. The van der Waals surface area contributed by atoms with E-state index in [1.165, 1.54) is 4.90 Å². The third-order valence-corrected chi connectivity index (χ3v) is 4.05. The van der Waals surface area contributed by atoms with Crippen molar-refractivity contribution in [3.05, 3.63) is 34.4 Å². The summed E-state index contributed by atoms with van der Waals surface area (Å²) in [6, 6.07) is 3.69. The fraction of sp³-hybridized carbons (Fsp3) is 0.467. The predicted molar refractivity (Wildman–Crippen MR) is 72.2 cm³/mol. The molecule has 1 N–H and O–H groups in total. The summed E-state index contributed by atoms with van der Waals surface area (Å²) in [4.78, 5) is 26.2. The molecular weight excluding hydrogens is 242 g/mol. The molecule has 102 valence electrons. The normalized spacial score (nSPS) is 16.8. The van der Waals surface area contributed by atoms with Crippen LogP contribution < -0.4 is 0 Å². The lowest BCUT2D eigenvalue weighted by Gasteiger charge is -2.36. The lowest BCUT2D eigenvalue weighted by Crippen LogP contribution is -2.54. The van der Waals surface area contributed by atoms with E-state index in [-0.39, 0.29) is 11.8 Å². The van der Waals surface area contributed by atoms with E-state index in [1.807, 2.05) is 26.0 Å². The van der Waals surface area contributed by atoms with Gasteiger partial charge in [-0.15, -0.1) is 0 Å². The van der Waals surface area contributed by atoms with E-state index < -0.39 is 11.6 Å². The van der Waals surface area contributed by atoms with E-state index in [9.17, 15) is 14.7 Å². The predicted octanol–water partition coefficient (Wildman–Crippen LogP) is 2.06. The molecule has 2 rings (SSSR count). The van der Waals surface area contributed by atoms with Crippen molar-refractivity contribution in [1.82, 2.24) is 4.90 Å². The van der Waals surface area contributed by atoms with Crippen LogP contribution >= 0.6 is 0 Å². The molecule has 1 unspecified atom stereocenters. The number of fused-ring (bicyclic) bond motifs is 1. The van der Waals surface area contributed by atoms with Gasteiger partial charge in [0.15, 0.2) is 0 Å². The molecule has 0 saturated carbocycles. The molecule has 0 saturated heterocycles. The minimum absolute atomic E-state index is 0.313. The van der Waals surface area contributed by atoms with Crippen LogP contribution in [0.2, 0.25) is 0 Å². The number of carbonyl (C=O) groups is 2. The van der Waals surface area contributed by atoms with E-state index in [0.717, 1.165) is 11.1 Å². The average Bonchev–Trinajstić information content (AvgIpc) is 2.57. The van der Waals surface area contributed by atoms with Crippen molar-refractivity contribution in [2.75, 3.05) is 0 Å². The molecule has 0 radical (unpaired) electrons. The van der Waals surface area contributed by atoms with Gasteiger partial charge in [0.1, 0.15) is 0 Å². The fourth-order valence-electron chi connectivity index (χ4n) is 2.39. The topological polar surface area (TPSA) is 57.6 Å². The average molecular weight is 261 g/mol. The van der Waals surface area contributed by atoms with Crippen LogP contribution in [-0.2, 0) is 0 Å². The highest BCUT2D eigenvalue weighted by atomic mass is 16.3. The van der Waals surface area contributed by atoms with Crippen LogP contribution in [0.25, 0.3) is 0 Å². The Kier molecular flexibility index (Phi) is 3.01. The van der Waals surface area contributed by atoms with E-state index in [1.54, 1.807) is 20.8 Å². The zero-order chi connectivity index (χ0) is 14.5. The van der Waals surface area contributed by atoms with Gasteiger partial charge in [0.05, 0.1) is 22.8 Å². The molecule has 4 heteroatoms.